The quantitative estimate of drug-likeness (QED) is 0.496. The van der Waals surface area contributed by atoms with E-state index in [4.69, 9.17) is 0 Å². The summed E-state index contributed by atoms with van der Waals surface area (Å²) in [5.74, 6) is -0.727. The first-order valence-corrected chi connectivity index (χ1v) is 10.4. The highest BCUT2D eigenvalue weighted by Crippen LogP contribution is 2.62. The molecule has 4 unspecified atom stereocenters. The van der Waals surface area contributed by atoms with Crippen LogP contribution in [0.1, 0.15) is 32.6 Å². The second-order valence-electron chi connectivity index (χ2n) is 7.03. The molecule has 0 bridgehead atoms. The Hall–Kier alpha value is -0.400. The number of aliphatic carboxylic acids is 1. The lowest BCUT2D eigenvalue weighted by atomic mass is 9.90. The van der Waals surface area contributed by atoms with Crippen molar-refractivity contribution in [2.24, 2.45) is 5.92 Å². The number of piperidine rings is 1. The van der Waals surface area contributed by atoms with Crippen LogP contribution in [0.3, 0.4) is 0 Å². The predicted molar refractivity (Wildman–Crippen MR) is 87.2 cm³/mol. The Balaban J connectivity index is 2.23. The summed E-state index contributed by atoms with van der Waals surface area (Å²) in [6.07, 6.45) is 1.79. The number of thioether (sulfide) groups is 1. The molecule has 2 rings (SSSR count). The van der Waals surface area contributed by atoms with Crippen LogP contribution in [0.2, 0.25) is 0 Å². The third kappa shape index (κ3) is 3.51. The van der Waals surface area contributed by atoms with Gasteiger partial charge in [0.05, 0.1) is 31.9 Å². The molecule has 2 fully saturated rings. The Labute approximate surface area is 140 Å². The molecule has 0 spiro atoms. The first-order valence-electron chi connectivity index (χ1n) is 7.78. The van der Waals surface area contributed by atoms with E-state index in [9.17, 15) is 29.0 Å². The Morgan fingerprint density at radius 1 is 1.35 bits per heavy atom. The lowest BCUT2D eigenvalue weighted by Gasteiger charge is -2.46. The molecule has 4 atom stereocenters. The molecule has 0 aromatic rings. The first kappa shape index (κ1) is 18.9. The van der Waals surface area contributed by atoms with Crippen LogP contribution in [0.15, 0.2) is 0 Å². The molecule has 23 heavy (non-hydrogen) atoms. The van der Waals surface area contributed by atoms with Gasteiger partial charge in [0.1, 0.15) is 0 Å². The van der Waals surface area contributed by atoms with E-state index in [1.807, 2.05) is 7.05 Å². The zero-order chi connectivity index (χ0) is 17.5. The van der Waals surface area contributed by atoms with Crippen LogP contribution in [-0.2, 0) is 14.2 Å². The second-order valence-corrected chi connectivity index (χ2v) is 10.2. The normalized spacial score (nSPS) is 37.4. The third-order valence-corrected chi connectivity index (χ3v) is 8.06. The van der Waals surface area contributed by atoms with Gasteiger partial charge < -0.3 is 19.4 Å². The van der Waals surface area contributed by atoms with E-state index < -0.39 is 18.7 Å². The summed E-state index contributed by atoms with van der Waals surface area (Å²) in [6.45, 7) is 3.08. The Morgan fingerprint density at radius 2 is 2.00 bits per heavy atom. The fourth-order valence-corrected chi connectivity index (χ4v) is 6.22. The number of carbonyl (C=O) groups excluding carboxylic acids is 1. The molecule has 9 heteroatoms. The monoisotopic (exact) mass is 366 g/mol. The summed E-state index contributed by atoms with van der Waals surface area (Å²) in [4.78, 5) is 42.2. The lowest BCUT2D eigenvalue weighted by Crippen LogP contribution is -2.58. The third-order valence-electron chi connectivity index (χ3n) is 5.60. The van der Waals surface area contributed by atoms with Crippen molar-refractivity contribution >= 4 is 30.4 Å². The Kier molecular flexibility index (Phi) is 5.34. The number of hydrogen-bond donors (Lipinski definition) is 3. The van der Waals surface area contributed by atoms with Crippen molar-refractivity contribution in [3.05, 3.63) is 0 Å². The SMILES string of the molecule is CC(=O)SCC[N+]1(C)CCCC2CC(C(=O)O)(P(=O)(O)O)CC21. The molecule has 0 radical (unpaired) electrons. The molecule has 3 N–H and O–H groups in total. The molecule has 132 valence electrons. The maximum Gasteiger partial charge on any atom is 0.343 e. The van der Waals surface area contributed by atoms with Gasteiger partial charge in [0.25, 0.3) is 0 Å². The van der Waals surface area contributed by atoms with Gasteiger partial charge in [0, 0.05) is 19.3 Å². The van der Waals surface area contributed by atoms with Crippen molar-refractivity contribution in [3.63, 3.8) is 0 Å². The predicted octanol–water partition coefficient (Wildman–Crippen LogP) is 1.29. The average molecular weight is 366 g/mol. The summed E-state index contributed by atoms with van der Waals surface area (Å²) in [5.41, 5.74) is 0. The smallest absolute Gasteiger partial charge is 0.343 e. The number of carboxylic acids is 1. The van der Waals surface area contributed by atoms with Crippen molar-refractivity contribution in [2.75, 3.05) is 25.9 Å². The molecule has 0 aromatic carbocycles. The number of fused-ring (bicyclic) bond motifs is 1. The minimum atomic E-state index is -4.74. The minimum Gasteiger partial charge on any atom is -0.480 e. The number of likely N-dealkylation sites (tertiary alicyclic amines) is 1. The van der Waals surface area contributed by atoms with Gasteiger partial charge in [0.2, 0.25) is 0 Å². The zero-order valence-corrected chi connectivity index (χ0v) is 15.2. The van der Waals surface area contributed by atoms with Crippen LogP contribution in [0.5, 0.6) is 0 Å². The van der Waals surface area contributed by atoms with Crippen molar-refractivity contribution in [1.82, 2.24) is 0 Å². The van der Waals surface area contributed by atoms with Crippen molar-refractivity contribution in [3.8, 4) is 0 Å². The highest BCUT2D eigenvalue weighted by atomic mass is 32.2. The van der Waals surface area contributed by atoms with Crippen LogP contribution in [0, 0.1) is 5.92 Å². The molecule has 1 saturated heterocycles. The summed E-state index contributed by atoms with van der Waals surface area (Å²) >= 11 is 1.24. The summed E-state index contributed by atoms with van der Waals surface area (Å²) in [5, 5.41) is 7.62. The topological polar surface area (TPSA) is 112 Å². The molecule has 1 heterocycles. The van der Waals surface area contributed by atoms with Crippen LogP contribution in [0.4, 0.5) is 0 Å². The van der Waals surface area contributed by atoms with E-state index in [0.29, 0.717) is 16.8 Å². The van der Waals surface area contributed by atoms with Gasteiger partial charge in [0.15, 0.2) is 10.3 Å². The summed E-state index contributed by atoms with van der Waals surface area (Å²) in [6, 6.07) is -0.0694. The fraction of sp³-hybridized carbons (Fsp3) is 0.857. The lowest BCUT2D eigenvalue weighted by molar-refractivity contribution is -0.938. The van der Waals surface area contributed by atoms with Crippen LogP contribution < -0.4 is 0 Å². The standard InChI is InChI=1S/C14H24NO6PS/c1-10(16)23-7-6-15(2)5-3-4-11-8-14(13(17)18,9-12(11)15)22(19,20)21/h11-12H,3-9H2,1-2H3,(H2-,17,18,19,20,21)/p+1. The highest BCUT2D eigenvalue weighted by molar-refractivity contribution is 8.13. The largest absolute Gasteiger partial charge is 0.480 e. The molecule has 1 aliphatic heterocycles. The molecular weight excluding hydrogens is 341 g/mol. The molecule has 7 nitrogen and oxygen atoms in total. The molecule has 2 aliphatic rings. The molecule has 1 aliphatic carbocycles. The summed E-state index contributed by atoms with van der Waals surface area (Å²) in [7, 11) is -2.72. The van der Waals surface area contributed by atoms with Crippen molar-refractivity contribution in [2.45, 2.75) is 43.8 Å². The maximum atomic E-state index is 11.9. The van der Waals surface area contributed by atoms with Crippen molar-refractivity contribution in [1.29, 1.82) is 0 Å². The Bertz CT molecular complexity index is 551. The first-order chi connectivity index (χ1) is 10.5. The van der Waals surface area contributed by atoms with Crippen molar-refractivity contribution < 1.29 is 33.5 Å². The van der Waals surface area contributed by atoms with E-state index in [0.717, 1.165) is 19.4 Å². The van der Waals surface area contributed by atoms with Gasteiger partial charge in [-0.05, 0) is 19.3 Å². The van der Waals surface area contributed by atoms with E-state index in [2.05, 4.69) is 0 Å². The molecule has 0 amide bonds. The molecule has 1 saturated carbocycles. The number of nitrogens with zero attached hydrogens (tertiary/aromatic N) is 1. The minimum absolute atomic E-state index is 0.0124. The number of carboxylic acid groups (broad SMARTS) is 1. The number of hydrogen-bond acceptors (Lipinski definition) is 4. The Morgan fingerprint density at radius 3 is 2.52 bits per heavy atom. The second kappa shape index (κ2) is 6.48. The van der Waals surface area contributed by atoms with Gasteiger partial charge in [-0.15, -0.1) is 0 Å². The fourth-order valence-electron chi connectivity index (χ4n) is 4.28. The van der Waals surface area contributed by atoms with E-state index in [1.54, 1.807) is 0 Å². The zero-order valence-electron chi connectivity index (χ0n) is 13.5. The highest BCUT2D eigenvalue weighted by Gasteiger charge is 2.65. The van der Waals surface area contributed by atoms with Crippen LogP contribution in [-0.4, -0.2) is 67.5 Å². The number of carbonyl (C=O) groups is 2. The van der Waals surface area contributed by atoms with Gasteiger partial charge in [-0.1, -0.05) is 11.8 Å². The van der Waals surface area contributed by atoms with E-state index in [1.165, 1.54) is 18.7 Å². The number of quaternary nitrogens is 1. The van der Waals surface area contributed by atoms with E-state index >= 15 is 0 Å². The van der Waals surface area contributed by atoms with Gasteiger partial charge in [-0.25, -0.2) is 0 Å². The summed E-state index contributed by atoms with van der Waals surface area (Å²) < 4.78 is 12.5. The van der Waals surface area contributed by atoms with E-state index in [-0.39, 0.29) is 29.9 Å². The molecular formula is C14H25NO6PS+. The van der Waals surface area contributed by atoms with Crippen LogP contribution >= 0.6 is 19.4 Å². The number of rotatable bonds is 5. The molecule has 0 aromatic heterocycles. The van der Waals surface area contributed by atoms with Gasteiger partial charge in [-0.2, -0.15) is 0 Å². The van der Waals surface area contributed by atoms with Gasteiger partial charge >= 0.3 is 13.6 Å². The maximum absolute atomic E-state index is 11.9. The van der Waals surface area contributed by atoms with Gasteiger partial charge in [-0.3, -0.25) is 14.2 Å². The average Bonchev–Trinajstić information content (AvgIpc) is 2.80. The van der Waals surface area contributed by atoms with Crippen LogP contribution in [0.25, 0.3) is 0 Å².